The molecular formula is C24H29N3O3. The second kappa shape index (κ2) is 9.48. The third-order valence-electron chi connectivity index (χ3n) is 5.11. The van der Waals surface area contributed by atoms with Gasteiger partial charge < -0.3 is 14.8 Å². The average Bonchev–Trinajstić information content (AvgIpc) is 3.23. The number of ether oxygens (including phenoxy) is 2. The highest BCUT2D eigenvalue weighted by Crippen LogP contribution is 2.25. The Kier molecular flexibility index (Phi) is 6.77. The van der Waals surface area contributed by atoms with Crippen LogP contribution in [0.3, 0.4) is 0 Å². The van der Waals surface area contributed by atoms with E-state index >= 15 is 0 Å². The van der Waals surface area contributed by atoms with Crippen molar-refractivity contribution in [3.05, 3.63) is 76.6 Å². The first-order valence-electron chi connectivity index (χ1n) is 10.1. The molecule has 158 valence electrons. The normalized spacial score (nSPS) is 11.8. The quantitative estimate of drug-likeness (QED) is 0.593. The number of benzene rings is 2. The summed E-state index contributed by atoms with van der Waals surface area (Å²) in [4.78, 5) is 12.9. The summed E-state index contributed by atoms with van der Waals surface area (Å²) in [5, 5.41) is 7.32. The molecule has 6 heteroatoms. The van der Waals surface area contributed by atoms with Gasteiger partial charge in [0.1, 0.15) is 18.1 Å². The zero-order valence-corrected chi connectivity index (χ0v) is 18.2. The van der Waals surface area contributed by atoms with E-state index in [1.807, 2.05) is 56.6 Å². The lowest BCUT2D eigenvalue weighted by Crippen LogP contribution is -2.28. The van der Waals surface area contributed by atoms with Crippen molar-refractivity contribution in [3.8, 4) is 11.5 Å². The van der Waals surface area contributed by atoms with Crippen molar-refractivity contribution in [1.29, 1.82) is 0 Å². The van der Waals surface area contributed by atoms with Crippen molar-refractivity contribution in [2.24, 2.45) is 0 Å². The fourth-order valence-electron chi connectivity index (χ4n) is 3.38. The Hall–Kier alpha value is -3.28. The number of nitrogens with one attached hydrogen (secondary N) is 1. The molecule has 0 saturated heterocycles. The van der Waals surface area contributed by atoms with Gasteiger partial charge in [-0.1, -0.05) is 12.1 Å². The number of nitrogens with zero attached hydrogens (tertiary/aromatic N) is 2. The van der Waals surface area contributed by atoms with Gasteiger partial charge in [0.15, 0.2) is 0 Å². The largest absolute Gasteiger partial charge is 0.496 e. The molecule has 3 rings (SSSR count). The van der Waals surface area contributed by atoms with Crippen LogP contribution in [0.2, 0.25) is 0 Å². The summed E-state index contributed by atoms with van der Waals surface area (Å²) in [6.45, 7) is 9.09. The third-order valence-corrected chi connectivity index (χ3v) is 5.11. The standard InChI is InChI=1S/C24H29N3O3/c1-6-27-21(11-12-25-27)18(4)26-24(28)19-9-10-22(29-5)20(14-19)15-30-23-13-16(2)7-8-17(23)3/h7-14,18H,6,15H2,1-5H3,(H,26,28). The lowest BCUT2D eigenvalue weighted by molar-refractivity contribution is 0.0938. The van der Waals surface area contributed by atoms with Crippen LogP contribution in [0.5, 0.6) is 11.5 Å². The summed E-state index contributed by atoms with van der Waals surface area (Å²) >= 11 is 0. The summed E-state index contributed by atoms with van der Waals surface area (Å²) in [5.74, 6) is 1.37. The molecular weight excluding hydrogens is 378 g/mol. The summed E-state index contributed by atoms with van der Waals surface area (Å²) < 4.78 is 13.4. The lowest BCUT2D eigenvalue weighted by Gasteiger charge is -2.17. The molecule has 30 heavy (non-hydrogen) atoms. The molecule has 0 radical (unpaired) electrons. The minimum absolute atomic E-state index is 0.151. The zero-order chi connectivity index (χ0) is 21.7. The Morgan fingerprint density at radius 2 is 1.93 bits per heavy atom. The molecule has 1 N–H and O–H groups in total. The molecule has 1 heterocycles. The number of aryl methyl sites for hydroxylation is 3. The maximum atomic E-state index is 12.9. The van der Waals surface area contributed by atoms with Crippen LogP contribution in [0.25, 0.3) is 0 Å². The number of carbonyl (C=O) groups excluding carboxylic acids is 1. The van der Waals surface area contributed by atoms with Gasteiger partial charge in [-0.15, -0.1) is 0 Å². The fourth-order valence-corrected chi connectivity index (χ4v) is 3.38. The molecule has 1 atom stereocenters. The molecule has 0 saturated carbocycles. The Bertz CT molecular complexity index is 1030. The molecule has 3 aromatic rings. The second-order valence-corrected chi connectivity index (χ2v) is 7.35. The molecule has 0 spiro atoms. The van der Waals surface area contributed by atoms with Gasteiger partial charge in [-0.05, 0) is 69.2 Å². The van der Waals surface area contributed by atoms with E-state index in [0.29, 0.717) is 17.9 Å². The van der Waals surface area contributed by atoms with E-state index in [2.05, 4.69) is 16.5 Å². The summed E-state index contributed by atoms with van der Waals surface area (Å²) in [6, 6.07) is 13.3. The number of rotatable bonds is 8. The molecule has 6 nitrogen and oxygen atoms in total. The van der Waals surface area contributed by atoms with Gasteiger partial charge in [-0.2, -0.15) is 5.10 Å². The van der Waals surface area contributed by atoms with Crippen LogP contribution >= 0.6 is 0 Å². The highest BCUT2D eigenvalue weighted by atomic mass is 16.5. The lowest BCUT2D eigenvalue weighted by atomic mass is 10.1. The highest BCUT2D eigenvalue weighted by Gasteiger charge is 2.16. The molecule has 1 amide bonds. The van der Waals surface area contributed by atoms with E-state index in [-0.39, 0.29) is 11.9 Å². The highest BCUT2D eigenvalue weighted by molar-refractivity contribution is 5.94. The Morgan fingerprint density at radius 1 is 1.13 bits per heavy atom. The first-order valence-corrected chi connectivity index (χ1v) is 10.1. The van der Waals surface area contributed by atoms with E-state index in [1.54, 1.807) is 25.4 Å². The zero-order valence-electron chi connectivity index (χ0n) is 18.2. The number of hydrogen-bond acceptors (Lipinski definition) is 4. The van der Waals surface area contributed by atoms with E-state index in [1.165, 1.54) is 0 Å². The minimum Gasteiger partial charge on any atom is -0.496 e. The van der Waals surface area contributed by atoms with Gasteiger partial charge in [0, 0.05) is 23.9 Å². The topological polar surface area (TPSA) is 65.4 Å². The van der Waals surface area contributed by atoms with Crippen molar-refractivity contribution in [3.63, 3.8) is 0 Å². The summed E-state index contributed by atoms with van der Waals surface area (Å²) in [6.07, 6.45) is 1.75. The van der Waals surface area contributed by atoms with Gasteiger partial charge in [0.25, 0.3) is 5.91 Å². The Balaban J connectivity index is 1.76. The van der Waals surface area contributed by atoms with Crippen molar-refractivity contribution >= 4 is 5.91 Å². The van der Waals surface area contributed by atoms with Crippen molar-refractivity contribution in [2.45, 2.75) is 46.9 Å². The number of aromatic nitrogens is 2. The van der Waals surface area contributed by atoms with Gasteiger partial charge in [0.05, 0.1) is 18.8 Å². The van der Waals surface area contributed by atoms with Crippen LogP contribution in [0.4, 0.5) is 0 Å². The second-order valence-electron chi connectivity index (χ2n) is 7.35. The monoisotopic (exact) mass is 407 g/mol. The number of carbonyl (C=O) groups is 1. The van der Waals surface area contributed by atoms with Gasteiger partial charge in [-0.3, -0.25) is 9.48 Å². The smallest absolute Gasteiger partial charge is 0.251 e. The Labute approximate surface area is 177 Å². The molecule has 0 fully saturated rings. The van der Waals surface area contributed by atoms with Crippen LogP contribution in [0.1, 0.15) is 52.6 Å². The molecule has 1 aromatic heterocycles. The first-order chi connectivity index (χ1) is 14.4. The predicted octanol–water partition coefficient (Wildman–Crippen LogP) is 4.60. The van der Waals surface area contributed by atoms with Gasteiger partial charge in [-0.25, -0.2) is 0 Å². The van der Waals surface area contributed by atoms with Crippen LogP contribution in [0.15, 0.2) is 48.7 Å². The molecule has 0 aliphatic heterocycles. The molecule has 1 unspecified atom stereocenters. The van der Waals surface area contributed by atoms with Crippen molar-refractivity contribution in [1.82, 2.24) is 15.1 Å². The Morgan fingerprint density at radius 3 is 2.67 bits per heavy atom. The maximum Gasteiger partial charge on any atom is 0.251 e. The number of methoxy groups -OCH3 is 1. The molecule has 2 aromatic carbocycles. The fraction of sp³-hybridized carbons (Fsp3) is 0.333. The maximum absolute atomic E-state index is 12.9. The first kappa shape index (κ1) is 21.4. The summed E-state index contributed by atoms with van der Waals surface area (Å²) in [7, 11) is 1.62. The van der Waals surface area contributed by atoms with E-state index < -0.39 is 0 Å². The minimum atomic E-state index is -0.156. The average molecular weight is 408 g/mol. The van der Waals surface area contributed by atoms with Gasteiger partial charge in [0.2, 0.25) is 0 Å². The molecule has 0 bridgehead atoms. The number of hydrogen-bond donors (Lipinski definition) is 1. The van der Waals surface area contributed by atoms with E-state index in [4.69, 9.17) is 9.47 Å². The third kappa shape index (κ3) is 4.82. The van der Waals surface area contributed by atoms with Gasteiger partial charge >= 0.3 is 0 Å². The molecule has 0 aliphatic carbocycles. The van der Waals surface area contributed by atoms with E-state index in [0.717, 1.165) is 34.7 Å². The van der Waals surface area contributed by atoms with Crippen molar-refractivity contribution in [2.75, 3.05) is 7.11 Å². The van der Waals surface area contributed by atoms with Crippen molar-refractivity contribution < 1.29 is 14.3 Å². The SMILES string of the molecule is CCn1nccc1C(C)NC(=O)c1ccc(OC)c(COc2cc(C)ccc2C)c1. The summed E-state index contributed by atoms with van der Waals surface area (Å²) in [5.41, 5.74) is 4.55. The van der Waals surface area contributed by atoms with Crippen LogP contribution in [-0.4, -0.2) is 22.8 Å². The van der Waals surface area contributed by atoms with Crippen LogP contribution < -0.4 is 14.8 Å². The number of amides is 1. The van der Waals surface area contributed by atoms with Crippen LogP contribution in [-0.2, 0) is 13.2 Å². The predicted molar refractivity (Wildman–Crippen MR) is 117 cm³/mol. The van der Waals surface area contributed by atoms with Crippen LogP contribution in [0, 0.1) is 13.8 Å². The van der Waals surface area contributed by atoms with E-state index in [9.17, 15) is 4.79 Å². The molecule has 0 aliphatic rings.